The fourth-order valence-corrected chi connectivity index (χ4v) is 15.4. The number of unbranched alkanes of at least 4 members (excludes halogenated alkanes) is 1. The van der Waals surface area contributed by atoms with Gasteiger partial charge in [0, 0.05) is 77.8 Å². The Hall–Kier alpha value is -13.8. The van der Waals surface area contributed by atoms with Gasteiger partial charge in [-0.3, -0.25) is 95.9 Å². The van der Waals surface area contributed by atoms with Crippen LogP contribution in [0.15, 0.2) is 91.3 Å². The number of hydrogen-bond donors (Lipinski definition) is 27. The maximum Gasteiger partial charge on any atom is 0.326 e. The van der Waals surface area contributed by atoms with Crippen molar-refractivity contribution in [3.63, 3.8) is 0 Å². The van der Waals surface area contributed by atoms with Gasteiger partial charge in [-0.05, 0) is 110 Å². The van der Waals surface area contributed by atoms with Crippen LogP contribution >= 0.6 is 25.3 Å². The molecule has 3 aromatic carbocycles. The number of aromatic nitrogens is 2. The van der Waals surface area contributed by atoms with Crippen molar-refractivity contribution in [2.24, 2.45) is 52.5 Å². The molecule has 2 heterocycles. The maximum absolute atomic E-state index is 15.0. The summed E-state index contributed by atoms with van der Waals surface area (Å²) in [4.78, 5) is 296. The summed E-state index contributed by atoms with van der Waals surface area (Å²) in [5.41, 5.74) is 25.5. The van der Waals surface area contributed by atoms with E-state index < -0.39 is 308 Å². The molecule has 0 bridgehead atoms. The van der Waals surface area contributed by atoms with Gasteiger partial charge in [-0.2, -0.15) is 25.3 Å². The molecule has 0 fully saturated rings. The molecule has 17 amide bonds. The molecular formula is C92H133N21O25S2. The first-order chi connectivity index (χ1) is 65.9. The van der Waals surface area contributed by atoms with E-state index in [2.05, 4.69) is 115 Å². The van der Waals surface area contributed by atoms with Crippen LogP contribution in [0, 0.1) is 29.6 Å². The maximum atomic E-state index is 15.0. The molecule has 0 aliphatic heterocycles. The molecule has 0 spiro atoms. The molecule has 768 valence electrons. The minimum Gasteiger partial charge on any atom is -0.481 e. The van der Waals surface area contributed by atoms with Gasteiger partial charge in [0.2, 0.25) is 100 Å². The van der Waals surface area contributed by atoms with Gasteiger partial charge in [0.1, 0.15) is 90.6 Å². The molecular weight excluding hydrogens is 1860 g/mol. The number of H-pyrrole nitrogens is 2. The molecule has 0 saturated carbocycles. The number of carboxylic acid groups (broad SMARTS) is 4. The van der Waals surface area contributed by atoms with E-state index in [-0.39, 0.29) is 57.4 Å². The molecule has 48 heteroatoms. The first-order valence-electron chi connectivity index (χ1n) is 45.8. The monoisotopic (exact) mass is 2000 g/mol. The van der Waals surface area contributed by atoms with Crippen molar-refractivity contribution in [2.45, 2.75) is 262 Å². The number of thiol groups is 2. The molecule has 0 saturated heterocycles. The number of aliphatic carboxylic acids is 4. The van der Waals surface area contributed by atoms with Crippen LogP contribution in [0.3, 0.4) is 0 Å². The van der Waals surface area contributed by atoms with Crippen LogP contribution in [-0.4, -0.2) is 269 Å². The summed E-state index contributed by atoms with van der Waals surface area (Å²) in [6.07, 6.45) is -3.37. The first kappa shape index (κ1) is 117. The summed E-state index contributed by atoms with van der Waals surface area (Å²) in [6.45, 7) is 16.0. The Morgan fingerprint density at radius 2 is 0.643 bits per heavy atom. The topological polar surface area (TPSA) is 755 Å². The van der Waals surface area contributed by atoms with E-state index >= 15 is 9.59 Å². The van der Waals surface area contributed by atoms with Crippen molar-refractivity contribution in [3.8, 4) is 0 Å². The number of hydrogen-bond acceptors (Lipinski definition) is 25. The molecule has 0 aliphatic carbocycles. The Balaban J connectivity index is 1.40. The van der Waals surface area contributed by atoms with Crippen LogP contribution in [0.25, 0.3) is 21.8 Å². The van der Waals surface area contributed by atoms with Crippen LogP contribution in [0.2, 0.25) is 0 Å². The Bertz CT molecular complexity index is 5190. The number of para-hydroxylation sites is 2. The van der Waals surface area contributed by atoms with Crippen LogP contribution in [0.4, 0.5) is 0 Å². The largest absolute Gasteiger partial charge is 0.481 e. The van der Waals surface area contributed by atoms with Crippen LogP contribution in [-0.2, 0) is 120 Å². The zero-order valence-corrected chi connectivity index (χ0v) is 81.4. The van der Waals surface area contributed by atoms with Crippen molar-refractivity contribution >= 4 is 171 Å². The lowest BCUT2D eigenvalue weighted by Gasteiger charge is -2.29. The minimum absolute atomic E-state index is 0.0373. The second kappa shape index (κ2) is 57.6. The molecule has 29 N–H and O–H groups in total. The number of aromatic amines is 2. The zero-order chi connectivity index (χ0) is 105. The highest BCUT2D eigenvalue weighted by atomic mass is 32.1. The number of primary amides is 2. The quantitative estimate of drug-likeness (QED) is 0.0140. The first-order valence-corrected chi connectivity index (χ1v) is 47.0. The number of rotatable bonds is 62. The average Bonchev–Trinajstić information content (AvgIpc) is 1.74. The van der Waals surface area contributed by atoms with Crippen molar-refractivity contribution in [1.29, 1.82) is 0 Å². The number of fused-ring (bicyclic) bond motifs is 2. The molecule has 0 radical (unpaired) electrons. The summed E-state index contributed by atoms with van der Waals surface area (Å²) >= 11 is 8.54. The van der Waals surface area contributed by atoms with Gasteiger partial charge in [-0.25, -0.2) is 4.79 Å². The molecule has 16 atom stereocenters. The minimum atomic E-state index is -2.10. The summed E-state index contributed by atoms with van der Waals surface area (Å²) in [5.74, 6) is -28.0. The number of nitrogens with two attached hydrogens (primary N) is 4. The predicted molar refractivity (Wildman–Crippen MR) is 516 cm³/mol. The van der Waals surface area contributed by atoms with Crippen molar-refractivity contribution < 1.29 is 121 Å². The molecule has 140 heavy (non-hydrogen) atoms. The Labute approximate surface area is 818 Å². The Morgan fingerprint density at radius 1 is 0.321 bits per heavy atom. The molecule has 5 rings (SSSR count). The van der Waals surface area contributed by atoms with Gasteiger partial charge in [0.05, 0.1) is 25.3 Å². The highest BCUT2D eigenvalue weighted by Gasteiger charge is 2.42. The second-order valence-corrected chi connectivity index (χ2v) is 36.6. The zero-order valence-electron chi connectivity index (χ0n) is 79.6. The van der Waals surface area contributed by atoms with Gasteiger partial charge >= 0.3 is 23.9 Å². The predicted octanol–water partition coefficient (Wildman–Crippen LogP) is -2.64. The molecule has 0 unspecified atom stereocenters. The van der Waals surface area contributed by atoms with Crippen molar-refractivity contribution in [3.05, 3.63) is 108 Å². The van der Waals surface area contributed by atoms with Crippen molar-refractivity contribution in [2.75, 3.05) is 18.1 Å². The molecule has 0 aliphatic rings. The van der Waals surface area contributed by atoms with E-state index in [1.165, 1.54) is 39.8 Å². The van der Waals surface area contributed by atoms with Crippen LogP contribution in [0.5, 0.6) is 0 Å². The standard InChI is InChI=1S/C92H133N21O25S2/c1-44(2)32-60(81(126)100-58(27-29-69(95)114)79(124)105-63(36-51-41-98-56-25-17-15-23-53(51)56)85(130)112-76(48(9)10)91(136)110-68(43-140)88(133)106-64(38-70(96)115)86(131)113-74(46(5)6)89(134)108-66(92(137)138)33-45(3)4)103-78(123)57(26-18-19-31-93)99-83(128)65(39-73(120)121)107-82(127)61(34-49-20-12-11-13-21-49)104-80(125)59(28-30-71(116)117)101-87(132)67(42-139)109-90(135)75(47(7)8)111-84(129)62(102-77(122)54(94)37-72(118)119)35-50-40-97-55-24-16-14-22-52(50)55/h11-17,20-25,40-41,44-48,54,57-68,74-76,97-98,139-140H,18-19,26-39,42-43,93-94H2,1-10H3,(H2,95,114)(H2,96,115)(H,99,128)(H,100,126)(H,101,132)(H,102,122)(H,103,123)(H,104,125)(H,105,124)(H,106,133)(H,107,127)(H,108,134)(H,109,135)(H,110,136)(H,111,129)(H,112,130)(H,113,131)(H,116,117)(H,118,119)(H,120,121)(H,137,138)/t54-,57-,58-,59-,60-,61-,62-,63-,64-,65-,66-,67-,68-,74-,75-,76-/m0/s1. The van der Waals surface area contributed by atoms with Crippen LogP contribution < -0.4 is 103 Å². The van der Waals surface area contributed by atoms with Crippen LogP contribution in [0.1, 0.15) is 163 Å². The Morgan fingerprint density at radius 3 is 1.04 bits per heavy atom. The summed E-state index contributed by atoms with van der Waals surface area (Å²) in [5, 5.41) is 77.9. The fourth-order valence-electron chi connectivity index (χ4n) is 14.8. The molecule has 5 aromatic rings. The van der Waals surface area contributed by atoms with E-state index in [0.29, 0.717) is 38.5 Å². The van der Waals surface area contributed by atoms with E-state index in [1.54, 1.807) is 121 Å². The second-order valence-electron chi connectivity index (χ2n) is 35.9. The summed E-state index contributed by atoms with van der Waals surface area (Å²) in [7, 11) is 0. The number of nitrogens with one attached hydrogen (secondary N) is 17. The van der Waals surface area contributed by atoms with E-state index in [1.807, 2.05) is 0 Å². The van der Waals surface area contributed by atoms with Gasteiger partial charge in [0.25, 0.3) is 0 Å². The summed E-state index contributed by atoms with van der Waals surface area (Å²) < 4.78 is 0. The number of amides is 17. The van der Waals surface area contributed by atoms with Crippen molar-refractivity contribution in [1.82, 2.24) is 89.7 Å². The SMILES string of the molecule is CC(C)C[C@H](NC(=O)[C@@H](NC(=O)[C@H](CC(N)=O)NC(=O)[C@H](CS)NC(=O)[C@@H](NC(=O)[C@H](Cc1c[nH]c2ccccc12)NC(=O)[C@H](CCC(N)=O)NC(=O)[C@H](CC(C)C)NC(=O)[C@H](CCCCN)NC(=O)[C@H](CC(=O)O)NC(=O)[C@H](Cc1ccccc1)NC(=O)[C@H](CCC(=O)O)NC(=O)[C@H](CS)NC(=O)[C@@H](NC(=O)[C@H](Cc1c[nH]c2ccccc12)NC(=O)[C@@H](N)CC(=O)O)C(C)C)C(C)C)C(C)C)C(=O)O. The lowest BCUT2D eigenvalue weighted by Crippen LogP contribution is -2.62. The number of carbonyl (C=O) groups is 21. The molecule has 2 aromatic heterocycles. The Kier molecular flexibility index (Phi) is 48.0. The highest BCUT2D eigenvalue weighted by Crippen LogP contribution is 2.24. The van der Waals surface area contributed by atoms with Gasteiger partial charge < -0.3 is 133 Å². The fraction of sp³-hybridized carbons (Fsp3) is 0.533. The lowest BCUT2D eigenvalue weighted by atomic mass is 9.99. The summed E-state index contributed by atoms with van der Waals surface area (Å²) in [6, 6.07) is -4.82. The van der Waals surface area contributed by atoms with Gasteiger partial charge in [-0.1, -0.05) is 136 Å². The van der Waals surface area contributed by atoms with Gasteiger partial charge in [-0.15, -0.1) is 0 Å². The van der Waals surface area contributed by atoms with E-state index in [0.717, 1.165) is 0 Å². The lowest BCUT2D eigenvalue weighted by molar-refractivity contribution is -0.143. The molecule has 46 nitrogen and oxygen atoms in total. The third-order valence-electron chi connectivity index (χ3n) is 22.4. The van der Waals surface area contributed by atoms with E-state index in [4.69, 9.17) is 22.9 Å². The third kappa shape index (κ3) is 38.5. The third-order valence-corrected chi connectivity index (χ3v) is 23.1. The average molecular weight is 2000 g/mol. The van der Waals surface area contributed by atoms with E-state index in [9.17, 15) is 112 Å². The van der Waals surface area contributed by atoms with Gasteiger partial charge in [0.15, 0.2) is 0 Å². The number of carbonyl (C=O) groups excluding carboxylic acids is 17. The normalized spacial score (nSPS) is 14.8. The number of benzene rings is 3. The smallest absolute Gasteiger partial charge is 0.326 e. The number of carboxylic acids is 4. The highest BCUT2D eigenvalue weighted by molar-refractivity contribution is 7.80.